The second-order valence-corrected chi connectivity index (χ2v) is 8.39. The standard InChI is InChI=1S/C27H25ClN2O3/c1-3-4-13-33-26(27(31)32)24-17(2)14-20-15-19(23-16-29-11-12-30-23)7-10-22(20)25(24)18-5-8-21(28)9-6-18/h5-12,14-16,26H,3-4,13H2,1-2H3,(H,31,32). The summed E-state index contributed by atoms with van der Waals surface area (Å²) in [4.78, 5) is 20.9. The summed E-state index contributed by atoms with van der Waals surface area (Å²) < 4.78 is 5.89. The van der Waals surface area contributed by atoms with E-state index in [9.17, 15) is 9.90 Å². The minimum Gasteiger partial charge on any atom is -0.479 e. The lowest BCUT2D eigenvalue weighted by Crippen LogP contribution is -2.18. The van der Waals surface area contributed by atoms with Crippen LogP contribution in [-0.2, 0) is 9.53 Å². The largest absolute Gasteiger partial charge is 0.479 e. The van der Waals surface area contributed by atoms with Crippen molar-refractivity contribution in [2.45, 2.75) is 32.8 Å². The lowest BCUT2D eigenvalue weighted by atomic mass is 9.86. The number of aliphatic carboxylic acids is 1. The Balaban J connectivity index is 1.96. The molecule has 0 fully saturated rings. The van der Waals surface area contributed by atoms with Gasteiger partial charge in [-0.15, -0.1) is 0 Å². The molecule has 0 bridgehead atoms. The van der Waals surface area contributed by atoms with Gasteiger partial charge in [0, 0.05) is 35.2 Å². The predicted octanol–water partition coefficient (Wildman–Crippen LogP) is 6.87. The molecule has 0 saturated heterocycles. The number of hydrogen-bond acceptors (Lipinski definition) is 4. The van der Waals surface area contributed by atoms with Crippen LogP contribution >= 0.6 is 11.6 Å². The topological polar surface area (TPSA) is 72.3 Å². The molecule has 1 atom stereocenters. The molecule has 5 nitrogen and oxygen atoms in total. The normalized spacial score (nSPS) is 12.1. The molecule has 0 spiro atoms. The number of hydrogen-bond donors (Lipinski definition) is 1. The van der Waals surface area contributed by atoms with Gasteiger partial charge in [0.05, 0.1) is 11.9 Å². The van der Waals surface area contributed by atoms with E-state index in [2.05, 4.69) is 16.0 Å². The third-order valence-corrected chi connectivity index (χ3v) is 5.90. The number of rotatable bonds is 8. The molecule has 1 unspecified atom stereocenters. The number of carboxylic acids is 1. The van der Waals surface area contributed by atoms with Gasteiger partial charge in [0.25, 0.3) is 0 Å². The Hall–Kier alpha value is -3.28. The highest BCUT2D eigenvalue weighted by atomic mass is 35.5. The Kier molecular flexibility index (Phi) is 7.02. The number of aryl methyl sites for hydroxylation is 1. The van der Waals surface area contributed by atoms with Crippen LogP contribution in [-0.4, -0.2) is 27.7 Å². The van der Waals surface area contributed by atoms with Crippen molar-refractivity contribution in [2.24, 2.45) is 0 Å². The van der Waals surface area contributed by atoms with Crippen molar-refractivity contribution in [3.63, 3.8) is 0 Å². The quantitative estimate of drug-likeness (QED) is 0.290. The molecule has 0 aliphatic rings. The molecule has 6 heteroatoms. The van der Waals surface area contributed by atoms with Gasteiger partial charge < -0.3 is 9.84 Å². The summed E-state index contributed by atoms with van der Waals surface area (Å²) in [6.07, 6.45) is 5.70. The lowest BCUT2D eigenvalue weighted by molar-refractivity contribution is -0.151. The number of carbonyl (C=O) groups is 1. The smallest absolute Gasteiger partial charge is 0.337 e. The average molecular weight is 461 g/mol. The van der Waals surface area contributed by atoms with Crippen molar-refractivity contribution < 1.29 is 14.6 Å². The van der Waals surface area contributed by atoms with Crippen LogP contribution < -0.4 is 0 Å². The van der Waals surface area contributed by atoms with Crippen molar-refractivity contribution in [1.82, 2.24) is 9.97 Å². The van der Waals surface area contributed by atoms with Crippen LogP contribution in [0, 0.1) is 6.92 Å². The van der Waals surface area contributed by atoms with Gasteiger partial charge in [0.2, 0.25) is 0 Å². The Labute approximate surface area is 198 Å². The molecule has 1 aromatic heterocycles. The van der Waals surface area contributed by atoms with Crippen molar-refractivity contribution in [3.05, 3.63) is 83.3 Å². The minimum absolute atomic E-state index is 0.386. The van der Waals surface area contributed by atoms with E-state index in [1.807, 2.05) is 56.3 Å². The molecule has 0 aliphatic heterocycles. The highest BCUT2D eigenvalue weighted by Gasteiger charge is 2.27. The number of nitrogens with zero attached hydrogens (tertiary/aromatic N) is 2. The number of carboxylic acid groups (broad SMARTS) is 1. The fourth-order valence-corrected chi connectivity index (χ4v) is 4.19. The zero-order valence-electron chi connectivity index (χ0n) is 18.6. The molecule has 4 aromatic rings. The van der Waals surface area contributed by atoms with Gasteiger partial charge in [0.15, 0.2) is 6.10 Å². The molecule has 0 saturated carbocycles. The number of halogens is 1. The average Bonchev–Trinajstić information content (AvgIpc) is 2.82. The number of unbranched alkanes of at least 4 members (excludes halogenated alkanes) is 1. The van der Waals surface area contributed by atoms with Gasteiger partial charge in [-0.3, -0.25) is 9.97 Å². The fraction of sp³-hybridized carbons (Fsp3) is 0.222. The van der Waals surface area contributed by atoms with Crippen molar-refractivity contribution in [1.29, 1.82) is 0 Å². The number of aromatic nitrogens is 2. The summed E-state index contributed by atoms with van der Waals surface area (Å²) in [6.45, 7) is 4.37. The number of fused-ring (bicyclic) bond motifs is 1. The maximum Gasteiger partial charge on any atom is 0.337 e. The van der Waals surface area contributed by atoms with E-state index in [0.717, 1.165) is 51.6 Å². The van der Waals surface area contributed by atoms with Gasteiger partial charge >= 0.3 is 5.97 Å². The number of ether oxygens (including phenoxy) is 1. The monoisotopic (exact) mass is 460 g/mol. The van der Waals surface area contributed by atoms with E-state index in [1.165, 1.54) is 0 Å². The van der Waals surface area contributed by atoms with E-state index in [-0.39, 0.29) is 0 Å². The summed E-state index contributed by atoms with van der Waals surface area (Å²) in [7, 11) is 0. The van der Waals surface area contributed by atoms with E-state index >= 15 is 0 Å². The molecule has 1 N–H and O–H groups in total. The molecular formula is C27H25ClN2O3. The summed E-state index contributed by atoms with van der Waals surface area (Å²) in [6, 6.07) is 15.5. The van der Waals surface area contributed by atoms with Crippen molar-refractivity contribution in [3.8, 4) is 22.4 Å². The van der Waals surface area contributed by atoms with E-state index < -0.39 is 12.1 Å². The molecule has 4 rings (SSSR count). The first-order valence-electron chi connectivity index (χ1n) is 10.9. The highest BCUT2D eigenvalue weighted by molar-refractivity contribution is 6.30. The molecule has 0 radical (unpaired) electrons. The summed E-state index contributed by atoms with van der Waals surface area (Å²) in [5.74, 6) is -1.00. The number of benzene rings is 3. The highest BCUT2D eigenvalue weighted by Crippen LogP contribution is 2.40. The third kappa shape index (κ3) is 4.90. The first kappa shape index (κ1) is 22.9. The zero-order chi connectivity index (χ0) is 23.4. The Morgan fingerprint density at radius 2 is 1.85 bits per heavy atom. The molecule has 168 valence electrons. The third-order valence-electron chi connectivity index (χ3n) is 5.65. The first-order chi connectivity index (χ1) is 16.0. The van der Waals surface area contributed by atoms with Crippen LogP contribution in [0.25, 0.3) is 33.2 Å². The van der Waals surface area contributed by atoms with Gasteiger partial charge in [-0.05, 0) is 59.0 Å². The van der Waals surface area contributed by atoms with Crippen molar-refractivity contribution >= 4 is 28.3 Å². The molecular weight excluding hydrogens is 436 g/mol. The first-order valence-corrected chi connectivity index (χ1v) is 11.3. The second-order valence-electron chi connectivity index (χ2n) is 7.96. The second kappa shape index (κ2) is 10.1. The van der Waals surface area contributed by atoms with Gasteiger partial charge in [-0.25, -0.2) is 4.79 Å². The van der Waals surface area contributed by atoms with Crippen molar-refractivity contribution in [2.75, 3.05) is 6.61 Å². The minimum atomic E-state index is -1.06. The summed E-state index contributed by atoms with van der Waals surface area (Å²) in [5, 5.41) is 12.6. The molecule has 0 aliphatic carbocycles. The van der Waals surface area contributed by atoms with Crippen LogP contribution in [0.15, 0.2) is 67.1 Å². The molecule has 0 amide bonds. The van der Waals surface area contributed by atoms with Crippen LogP contribution in [0.4, 0.5) is 0 Å². The van der Waals surface area contributed by atoms with E-state index in [0.29, 0.717) is 17.2 Å². The maximum absolute atomic E-state index is 12.3. The van der Waals surface area contributed by atoms with Gasteiger partial charge in [-0.1, -0.05) is 55.3 Å². The van der Waals surface area contributed by atoms with Crippen LogP contribution in [0.3, 0.4) is 0 Å². The lowest BCUT2D eigenvalue weighted by Gasteiger charge is -2.22. The molecule has 1 heterocycles. The zero-order valence-corrected chi connectivity index (χ0v) is 19.3. The van der Waals surface area contributed by atoms with Gasteiger partial charge in [0.1, 0.15) is 0 Å². The fourth-order valence-electron chi connectivity index (χ4n) is 4.06. The predicted molar refractivity (Wildman–Crippen MR) is 131 cm³/mol. The Bertz CT molecular complexity index is 1270. The van der Waals surface area contributed by atoms with Crippen LogP contribution in [0.5, 0.6) is 0 Å². The van der Waals surface area contributed by atoms with Crippen LogP contribution in [0.2, 0.25) is 5.02 Å². The summed E-state index contributed by atoms with van der Waals surface area (Å²) >= 11 is 6.14. The Morgan fingerprint density at radius 1 is 1.09 bits per heavy atom. The van der Waals surface area contributed by atoms with Crippen LogP contribution in [0.1, 0.15) is 37.0 Å². The SMILES string of the molecule is CCCCOC(C(=O)O)c1c(C)cc2cc(-c3cnccn3)ccc2c1-c1ccc(Cl)cc1. The van der Waals surface area contributed by atoms with E-state index in [4.69, 9.17) is 16.3 Å². The summed E-state index contributed by atoms with van der Waals surface area (Å²) in [5.41, 5.74) is 4.98. The van der Waals surface area contributed by atoms with Gasteiger partial charge in [-0.2, -0.15) is 0 Å². The van der Waals surface area contributed by atoms with E-state index in [1.54, 1.807) is 18.6 Å². The molecule has 33 heavy (non-hydrogen) atoms. The Morgan fingerprint density at radius 3 is 2.52 bits per heavy atom. The maximum atomic E-state index is 12.3. The molecule has 3 aromatic carbocycles.